The number of ether oxygens (including phenoxy) is 1. The van der Waals surface area contributed by atoms with E-state index in [1.54, 1.807) is 0 Å². The molecule has 17 heavy (non-hydrogen) atoms. The maximum Gasteiger partial charge on any atom is 0.0576 e. The molecule has 1 heterocycles. The van der Waals surface area contributed by atoms with Crippen LogP contribution in [0.5, 0.6) is 0 Å². The predicted molar refractivity (Wildman–Crippen MR) is 72.3 cm³/mol. The van der Waals surface area contributed by atoms with E-state index in [9.17, 15) is 0 Å². The van der Waals surface area contributed by atoms with E-state index in [1.807, 2.05) is 18.2 Å². The number of hydrogen-bond acceptors (Lipinski definition) is 3. The van der Waals surface area contributed by atoms with Gasteiger partial charge in [-0.25, -0.2) is 0 Å². The Kier molecular flexibility index (Phi) is 4.26. The zero-order chi connectivity index (χ0) is 12.1. The Morgan fingerprint density at radius 3 is 3.06 bits per heavy atom. The van der Waals surface area contributed by atoms with Gasteiger partial charge < -0.3 is 15.4 Å². The van der Waals surface area contributed by atoms with Gasteiger partial charge in [0.2, 0.25) is 0 Å². The Labute approximate surface area is 104 Å². The number of nitrogens with zero attached hydrogens (tertiary/aromatic N) is 1. The topological polar surface area (TPSA) is 38.5 Å². The lowest BCUT2D eigenvalue weighted by atomic mass is 10.1. The van der Waals surface area contributed by atoms with E-state index < -0.39 is 0 Å². The van der Waals surface area contributed by atoms with Crippen LogP contribution in [0.1, 0.15) is 25.7 Å². The first kappa shape index (κ1) is 12.2. The minimum atomic E-state index is 0.504. The summed E-state index contributed by atoms with van der Waals surface area (Å²) in [6.45, 7) is 2.01. The van der Waals surface area contributed by atoms with Crippen molar-refractivity contribution in [3.63, 3.8) is 0 Å². The van der Waals surface area contributed by atoms with Crippen molar-refractivity contribution in [3.8, 4) is 0 Å². The van der Waals surface area contributed by atoms with E-state index in [2.05, 4.69) is 18.0 Å². The Bertz CT molecular complexity index is 348. The van der Waals surface area contributed by atoms with E-state index in [0.717, 1.165) is 18.8 Å². The van der Waals surface area contributed by atoms with Gasteiger partial charge in [0.05, 0.1) is 6.10 Å². The number of hydrogen-bond donors (Lipinski definition) is 1. The Morgan fingerprint density at radius 2 is 2.35 bits per heavy atom. The molecule has 1 aromatic rings. The van der Waals surface area contributed by atoms with Crippen molar-refractivity contribution in [2.75, 3.05) is 30.8 Å². The van der Waals surface area contributed by atoms with Crippen molar-refractivity contribution in [1.29, 1.82) is 0 Å². The fourth-order valence-electron chi connectivity index (χ4n) is 2.32. The number of nitrogens with two attached hydrogens (primary N) is 1. The molecule has 1 saturated heterocycles. The summed E-state index contributed by atoms with van der Waals surface area (Å²) in [6, 6.07) is 8.04. The molecule has 2 N–H and O–H groups in total. The third kappa shape index (κ3) is 3.63. The molecule has 2 rings (SSSR count). The van der Waals surface area contributed by atoms with E-state index in [-0.39, 0.29) is 0 Å². The summed E-state index contributed by atoms with van der Waals surface area (Å²) in [6.07, 6.45) is 5.32. The van der Waals surface area contributed by atoms with E-state index in [4.69, 9.17) is 10.5 Å². The molecule has 0 amide bonds. The van der Waals surface area contributed by atoms with Crippen LogP contribution in [-0.2, 0) is 4.74 Å². The van der Waals surface area contributed by atoms with Gasteiger partial charge in [0.15, 0.2) is 0 Å². The second-order valence-electron chi connectivity index (χ2n) is 4.79. The third-order valence-corrected chi connectivity index (χ3v) is 3.35. The quantitative estimate of drug-likeness (QED) is 0.796. The van der Waals surface area contributed by atoms with Crippen molar-refractivity contribution in [2.24, 2.45) is 0 Å². The molecule has 1 unspecified atom stereocenters. The summed E-state index contributed by atoms with van der Waals surface area (Å²) >= 11 is 0. The minimum absolute atomic E-state index is 0.504. The number of benzene rings is 1. The highest BCUT2D eigenvalue weighted by molar-refractivity contribution is 5.55. The molecule has 0 bridgehead atoms. The molecule has 0 aliphatic carbocycles. The van der Waals surface area contributed by atoms with E-state index in [1.165, 1.54) is 31.4 Å². The standard InChI is InChI=1S/C14H22N2O/c1-16(13-6-2-5-12(15)11-13)9-3-7-14-8-4-10-17-14/h2,5-6,11,14H,3-4,7-10,15H2,1H3. The Balaban J connectivity index is 1.74. The zero-order valence-electron chi connectivity index (χ0n) is 10.6. The van der Waals surface area contributed by atoms with Crippen molar-refractivity contribution in [1.82, 2.24) is 0 Å². The van der Waals surface area contributed by atoms with Gasteiger partial charge in [0, 0.05) is 31.6 Å². The highest BCUT2D eigenvalue weighted by Crippen LogP contribution is 2.19. The summed E-state index contributed by atoms with van der Waals surface area (Å²) in [5, 5.41) is 0. The molecular weight excluding hydrogens is 212 g/mol. The Morgan fingerprint density at radius 1 is 1.47 bits per heavy atom. The van der Waals surface area contributed by atoms with Crippen LogP contribution in [0.2, 0.25) is 0 Å². The zero-order valence-corrected chi connectivity index (χ0v) is 10.6. The van der Waals surface area contributed by atoms with Crippen LogP contribution in [0.25, 0.3) is 0 Å². The predicted octanol–water partition coefficient (Wildman–Crippen LogP) is 2.66. The summed E-state index contributed by atoms with van der Waals surface area (Å²) in [5.41, 5.74) is 7.80. The lowest BCUT2D eigenvalue weighted by Gasteiger charge is -2.20. The molecule has 0 aromatic heterocycles. The van der Waals surface area contributed by atoms with Gasteiger partial charge >= 0.3 is 0 Å². The molecule has 0 radical (unpaired) electrons. The summed E-state index contributed by atoms with van der Waals surface area (Å²) in [5.74, 6) is 0. The van der Waals surface area contributed by atoms with Crippen LogP contribution < -0.4 is 10.6 Å². The van der Waals surface area contributed by atoms with Crippen LogP contribution in [-0.4, -0.2) is 26.3 Å². The van der Waals surface area contributed by atoms with Crippen molar-refractivity contribution >= 4 is 11.4 Å². The average molecular weight is 234 g/mol. The summed E-state index contributed by atoms with van der Waals surface area (Å²) in [4.78, 5) is 2.26. The normalized spacial score (nSPS) is 19.5. The first-order chi connectivity index (χ1) is 8.25. The van der Waals surface area contributed by atoms with Crippen LogP contribution >= 0.6 is 0 Å². The number of rotatable bonds is 5. The molecule has 1 aromatic carbocycles. The van der Waals surface area contributed by atoms with Gasteiger partial charge in [-0.2, -0.15) is 0 Å². The molecule has 3 heteroatoms. The van der Waals surface area contributed by atoms with Crippen molar-refractivity contribution in [3.05, 3.63) is 24.3 Å². The number of anilines is 2. The van der Waals surface area contributed by atoms with E-state index >= 15 is 0 Å². The van der Waals surface area contributed by atoms with Gasteiger partial charge in [-0.05, 0) is 43.9 Å². The maximum absolute atomic E-state index is 5.78. The molecule has 1 atom stereocenters. The molecule has 3 nitrogen and oxygen atoms in total. The summed E-state index contributed by atoms with van der Waals surface area (Å²) < 4.78 is 5.62. The fourth-order valence-corrected chi connectivity index (χ4v) is 2.32. The molecule has 1 aliphatic heterocycles. The van der Waals surface area contributed by atoms with Gasteiger partial charge in [0.25, 0.3) is 0 Å². The SMILES string of the molecule is CN(CCCC1CCCO1)c1cccc(N)c1. The first-order valence-electron chi connectivity index (χ1n) is 6.44. The molecule has 0 saturated carbocycles. The molecular formula is C14H22N2O. The van der Waals surface area contributed by atoms with Gasteiger partial charge in [0.1, 0.15) is 0 Å². The summed E-state index contributed by atoms with van der Waals surface area (Å²) in [7, 11) is 2.12. The minimum Gasteiger partial charge on any atom is -0.399 e. The lowest BCUT2D eigenvalue weighted by Crippen LogP contribution is -2.20. The molecule has 0 spiro atoms. The van der Waals surface area contributed by atoms with Crippen LogP contribution in [0.3, 0.4) is 0 Å². The number of nitrogen functional groups attached to an aromatic ring is 1. The van der Waals surface area contributed by atoms with Gasteiger partial charge in [-0.1, -0.05) is 6.07 Å². The van der Waals surface area contributed by atoms with Crippen LogP contribution in [0, 0.1) is 0 Å². The largest absolute Gasteiger partial charge is 0.399 e. The van der Waals surface area contributed by atoms with Gasteiger partial charge in [-0.15, -0.1) is 0 Å². The van der Waals surface area contributed by atoms with Crippen molar-refractivity contribution in [2.45, 2.75) is 31.8 Å². The second-order valence-corrected chi connectivity index (χ2v) is 4.79. The highest BCUT2D eigenvalue weighted by atomic mass is 16.5. The lowest BCUT2D eigenvalue weighted by molar-refractivity contribution is 0.103. The smallest absolute Gasteiger partial charge is 0.0576 e. The third-order valence-electron chi connectivity index (χ3n) is 3.35. The fraction of sp³-hybridized carbons (Fsp3) is 0.571. The average Bonchev–Trinajstić information content (AvgIpc) is 2.82. The highest BCUT2D eigenvalue weighted by Gasteiger charge is 2.14. The van der Waals surface area contributed by atoms with E-state index in [0.29, 0.717) is 6.10 Å². The monoisotopic (exact) mass is 234 g/mol. The van der Waals surface area contributed by atoms with Crippen molar-refractivity contribution < 1.29 is 4.74 Å². The molecule has 1 aliphatic rings. The van der Waals surface area contributed by atoms with Crippen LogP contribution in [0.15, 0.2) is 24.3 Å². The van der Waals surface area contributed by atoms with Gasteiger partial charge in [-0.3, -0.25) is 0 Å². The molecule has 1 fully saturated rings. The van der Waals surface area contributed by atoms with Crippen LogP contribution in [0.4, 0.5) is 11.4 Å². The first-order valence-corrected chi connectivity index (χ1v) is 6.44. The molecule has 94 valence electrons. The Hall–Kier alpha value is -1.22. The second kappa shape index (κ2) is 5.92. The maximum atomic E-state index is 5.78.